The molecule has 0 aromatic rings. The Labute approximate surface area is 90.4 Å². The Balaban J connectivity index is 2.54. The van der Waals surface area contributed by atoms with E-state index in [2.05, 4.69) is 10.1 Å². The fourth-order valence-electron chi connectivity index (χ4n) is 1.41. The molecule has 1 amide bonds. The molecule has 0 aromatic carbocycles. The summed E-state index contributed by atoms with van der Waals surface area (Å²) in [6.07, 6.45) is 2.73. The molecule has 0 aromatic heterocycles. The maximum atomic E-state index is 11.5. The number of hydrogen-bond donors (Lipinski definition) is 1. The molecule has 0 bridgehead atoms. The summed E-state index contributed by atoms with van der Waals surface area (Å²) in [6.45, 7) is 3.93. The number of rotatable bonds is 5. The third-order valence-corrected chi connectivity index (χ3v) is 2.91. The highest BCUT2D eigenvalue weighted by atomic mass is 16.5. The first-order valence-electron chi connectivity index (χ1n) is 5.48. The third-order valence-electron chi connectivity index (χ3n) is 2.91. The maximum absolute atomic E-state index is 11.5. The predicted octanol–water partition coefficient (Wildman–Crippen LogP) is 1.10. The second-order valence-corrected chi connectivity index (χ2v) is 4.17. The summed E-state index contributed by atoms with van der Waals surface area (Å²) in [4.78, 5) is 23.0. The number of carbonyl (C=O) groups is 2. The van der Waals surface area contributed by atoms with Gasteiger partial charge in [-0.3, -0.25) is 4.79 Å². The Hall–Kier alpha value is -1.06. The fraction of sp³-hybridized carbons (Fsp3) is 0.818. The normalized spacial score (nSPS) is 19.1. The van der Waals surface area contributed by atoms with Crippen molar-refractivity contribution in [3.63, 3.8) is 0 Å². The molecule has 0 aliphatic heterocycles. The monoisotopic (exact) mass is 213 g/mol. The summed E-state index contributed by atoms with van der Waals surface area (Å²) in [7, 11) is 1.35. The molecule has 1 rings (SSSR count). The molecule has 2 atom stereocenters. The number of hydrogen-bond acceptors (Lipinski definition) is 3. The van der Waals surface area contributed by atoms with Crippen LogP contribution in [0.15, 0.2) is 0 Å². The summed E-state index contributed by atoms with van der Waals surface area (Å²) in [5, 5.41) is 2.77. The lowest BCUT2D eigenvalue weighted by Crippen LogP contribution is -2.46. The lowest BCUT2D eigenvalue weighted by molar-refractivity contribution is -0.146. The van der Waals surface area contributed by atoms with Crippen LogP contribution >= 0.6 is 0 Å². The van der Waals surface area contributed by atoms with E-state index in [4.69, 9.17) is 0 Å². The number of ether oxygens (including phenoxy) is 1. The van der Waals surface area contributed by atoms with Crippen molar-refractivity contribution in [2.24, 2.45) is 11.8 Å². The second kappa shape index (κ2) is 5.14. The number of methoxy groups -OCH3 is 1. The highest BCUT2D eigenvalue weighted by Crippen LogP contribution is 2.29. The SMILES string of the molecule is CC[C@@H](C)[C@@H](NC(=O)C1CC1)C(=O)OC. The van der Waals surface area contributed by atoms with Crippen LogP contribution in [0.4, 0.5) is 0 Å². The zero-order valence-electron chi connectivity index (χ0n) is 9.58. The predicted molar refractivity (Wildman–Crippen MR) is 56.1 cm³/mol. The van der Waals surface area contributed by atoms with Crippen LogP contribution in [0, 0.1) is 11.8 Å². The topological polar surface area (TPSA) is 55.4 Å². The van der Waals surface area contributed by atoms with E-state index < -0.39 is 6.04 Å². The van der Waals surface area contributed by atoms with Crippen molar-refractivity contribution in [2.75, 3.05) is 7.11 Å². The third kappa shape index (κ3) is 3.22. The molecule has 0 saturated heterocycles. The van der Waals surface area contributed by atoms with Gasteiger partial charge in [-0.25, -0.2) is 4.79 Å². The van der Waals surface area contributed by atoms with Crippen LogP contribution in [0.5, 0.6) is 0 Å². The summed E-state index contributed by atoms with van der Waals surface area (Å²) < 4.78 is 4.68. The van der Waals surface area contributed by atoms with Gasteiger partial charge < -0.3 is 10.1 Å². The summed E-state index contributed by atoms with van der Waals surface area (Å²) in [6, 6.07) is -0.493. The van der Waals surface area contributed by atoms with Crippen molar-refractivity contribution < 1.29 is 14.3 Å². The van der Waals surface area contributed by atoms with Crippen LogP contribution in [0.25, 0.3) is 0 Å². The molecular weight excluding hydrogens is 194 g/mol. The molecule has 1 N–H and O–H groups in total. The molecule has 0 radical (unpaired) electrons. The standard InChI is InChI=1S/C11H19NO3/c1-4-7(2)9(11(14)15-3)12-10(13)8-5-6-8/h7-9H,4-6H2,1-3H3,(H,12,13)/t7-,9-/m1/s1. The first-order valence-corrected chi connectivity index (χ1v) is 5.48. The van der Waals surface area contributed by atoms with Gasteiger partial charge in [0.05, 0.1) is 7.11 Å². The number of nitrogens with one attached hydrogen (secondary N) is 1. The smallest absolute Gasteiger partial charge is 0.328 e. The van der Waals surface area contributed by atoms with Crippen LogP contribution in [0.3, 0.4) is 0 Å². The summed E-state index contributed by atoms with van der Waals surface area (Å²) in [5.74, 6) is -0.120. The fourth-order valence-corrected chi connectivity index (χ4v) is 1.41. The van der Waals surface area contributed by atoms with E-state index in [1.807, 2.05) is 13.8 Å². The van der Waals surface area contributed by atoms with Crippen molar-refractivity contribution in [2.45, 2.75) is 39.2 Å². The molecule has 0 unspecified atom stereocenters. The van der Waals surface area contributed by atoms with Crippen LogP contribution in [0.2, 0.25) is 0 Å². The average molecular weight is 213 g/mol. The molecule has 86 valence electrons. The molecule has 15 heavy (non-hydrogen) atoms. The molecule has 1 aliphatic carbocycles. The second-order valence-electron chi connectivity index (χ2n) is 4.17. The quantitative estimate of drug-likeness (QED) is 0.696. The first-order chi connectivity index (χ1) is 7.10. The molecule has 0 heterocycles. The highest BCUT2D eigenvalue weighted by Gasteiger charge is 2.34. The molecule has 1 fully saturated rings. The van der Waals surface area contributed by atoms with E-state index in [0.29, 0.717) is 0 Å². The Bertz CT molecular complexity index is 248. The lowest BCUT2D eigenvalue weighted by atomic mass is 9.99. The van der Waals surface area contributed by atoms with E-state index in [1.165, 1.54) is 7.11 Å². The van der Waals surface area contributed by atoms with Gasteiger partial charge in [0.25, 0.3) is 0 Å². The lowest BCUT2D eigenvalue weighted by Gasteiger charge is -2.21. The van der Waals surface area contributed by atoms with Crippen molar-refractivity contribution in [3.05, 3.63) is 0 Å². The minimum atomic E-state index is -0.493. The van der Waals surface area contributed by atoms with Crippen molar-refractivity contribution >= 4 is 11.9 Å². The first kappa shape index (κ1) is 12.0. The van der Waals surface area contributed by atoms with Gasteiger partial charge >= 0.3 is 5.97 Å². The van der Waals surface area contributed by atoms with Crippen molar-refractivity contribution in [1.29, 1.82) is 0 Å². The molecule has 0 spiro atoms. The average Bonchev–Trinajstić information content (AvgIpc) is 3.07. The van der Waals surface area contributed by atoms with E-state index in [9.17, 15) is 9.59 Å². The minimum absolute atomic E-state index is 0.00861. The molecular formula is C11H19NO3. The van der Waals surface area contributed by atoms with Gasteiger partial charge in [-0.15, -0.1) is 0 Å². The Kier molecular flexibility index (Phi) is 4.12. The zero-order valence-corrected chi connectivity index (χ0v) is 9.58. The van der Waals surface area contributed by atoms with Gasteiger partial charge in [-0.1, -0.05) is 20.3 Å². The Morgan fingerprint density at radius 3 is 2.47 bits per heavy atom. The van der Waals surface area contributed by atoms with Gasteiger partial charge in [0, 0.05) is 5.92 Å². The van der Waals surface area contributed by atoms with Gasteiger partial charge in [0.2, 0.25) is 5.91 Å². The summed E-state index contributed by atoms with van der Waals surface area (Å²) >= 11 is 0. The minimum Gasteiger partial charge on any atom is -0.467 e. The van der Waals surface area contributed by atoms with Gasteiger partial charge in [-0.05, 0) is 18.8 Å². The summed E-state index contributed by atoms with van der Waals surface area (Å²) in [5.41, 5.74) is 0. The van der Waals surface area contributed by atoms with E-state index in [-0.39, 0.29) is 23.7 Å². The number of amides is 1. The van der Waals surface area contributed by atoms with E-state index in [0.717, 1.165) is 19.3 Å². The van der Waals surface area contributed by atoms with E-state index in [1.54, 1.807) is 0 Å². The Morgan fingerprint density at radius 2 is 2.07 bits per heavy atom. The van der Waals surface area contributed by atoms with Crippen LogP contribution in [0.1, 0.15) is 33.1 Å². The zero-order chi connectivity index (χ0) is 11.4. The number of carbonyl (C=O) groups excluding carboxylic acids is 2. The van der Waals surface area contributed by atoms with Crippen LogP contribution in [-0.4, -0.2) is 25.0 Å². The molecule has 1 saturated carbocycles. The largest absolute Gasteiger partial charge is 0.467 e. The molecule has 4 nitrogen and oxygen atoms in total. The van der Waals surface area contributed by atoms with Crippen LogP contribution in [-0.2, 0) is 14.3 Å². The maximum Gasteiger partial charge on any atom is 0.328 e. The Morgan fingerprint density at radius 1 is 1.47 bits per heavy atom. The van der Waals surface area contributed by atoms with Gasteiger partial charge in [0.15, 0.2) is 0 Å². The van der Waals surface area contributed by atoms with Crippen molar-refractivity contribution in [1.82, 2.24) is 5.32 Å². The highest BCUT2D eigenvalue weighted by molar-refractivity contribution is 5.87. The molecule has 4 heteroatoms. The van der Waals surface area contributed by atoms with E-state index >= 15 is 0 Å². The van der Waals surface area contributed by atoms with Crippen LogP contribution < -0.4 is 5.32 Å². The van der Waals surface area contributed by atoms with Gasteiger partial charge in [-0.2, -0.15) is 0 Å². The molecule has 1 aliphatic rings. The van der Waals surface area contributed by atoms with Crippen molar-refractivity contribution in [3.8, 4) is 0 Å². The van der Waals surface area contributed by atoms with Gasteiger partial charge in [0.1, 0.15) is 6.04 Å². The number of esters is 1.